The van der Waals surface area contributed by atoms with Gasteiger partial charge in [-0.2, -0.15) is 0 Å². The van der Waals surface area contributed by atoms with Crippen LogP contribution in [0.25, 0.3) is 0 Å². The largest absolute Gasteiger partial charge is 0.390 e. The summed E-state index contributed by atoms with van der Waals surface area (Å²) < 4.78 is 5.69. The van der Waals surface area contributed by atoms with E-state index in [1.54, 1.807) is 0 Å². The third-order valence-electron chi connectivity index (χ3n) is 3.75. The lowest BCUT2D eigenvalue weighted by Crippen LogP contribution is -2.34. The number of fused-ring (bicyclic) bond motifs is 1. The Hall–Kier alpha value is -0.930. The highest BCUT2D eigenvalue weighted by atomic mass is 16.5. The highest BCUT2D eigenvalue weighted by Crippen LogP contribution is 2.35. The summed E-state index contributed by atoms with van der Waals surface area (Å²) in [6.07, 6.45) is 5.28. The van der Waals surface area contributed by atoms with E-state index in [1.807, 2.05) is 19.2 Å². The van der Waals surface area contributed by atoms with Crippen LogP contribution in [-0.2, 0) is 11.2 Å². The van der Waals surface area contributed by atoms with Gasteiger partial charge in [0.15, 0.2) is 0 Å². The summed E-state index contributed by atoms with van der Waals surface area (Å²) in [4.78, 5) is 4.45. The number of aromatic nitrogens is 1. The lowest BCUT2D eigenvalue weighted by molar-refractivity contribution is -0.0485. The Morgan fingerprint density at radius 3 is 3.06 bits per heavy atom. The van der Waals surface area contributed by atoms with E-state index in [2.05, 4.69) is 18.0 Å². The molecule has 0 spiro atoms. The summed E-state index contributed by atoms with van der Waals surface area (Å²) >= 11 is 0. The van der Waals surface area contributed by atoms with E-state index >= 15 is 0 Å². The maximum Gasteiger partial charge on any atom is 0.0885 e. The Kier molecular flexibility index (Phi) is 4.72. The fraction of sp³-hybridized carbons (Fsp3) is 0.667. The minimum Gasteiger partial charge on any atom is -0.390 e. The van der Waals surface area contributed by atoms with Gasteiger partial charge in [-0.05, 0) is 37.8 Å². The van der Waals surface area contributed by atoms with Crippen molar-refractivity contribution in [3.63, 3.8) is 0 Å². The maximum atomic E-state index is 10.6. The van der Waals surface area contributed by atoms with Gasteiger partial charge < -0.3 is 9.84 Å². The molecule has 0 radical (unpaired) electrons. The van der Waals surface area contributed by atoms with Gasteiger partial charge in [0.05, 0.1) is 12.2 Å². The molecule has 0 aliphatic heterocycles. The molecule has 18 heavy (non-hydrogen) atoms. The fourth-order valence-corrected chi connectivity index (χ4v) is 2.89. The maximum absolute atomic E-state index is 10.6. The standard InChI is InChI=1S/C15H23NO2/c1-3-6-13(18-4-2)15(17)12-9-8-11-7-5-10-16-14(11)12/h5,7,10,12-13,15,17H,3-4,6,8-9H2,1-2H3. The number of aliphatic hydroxyl groups excluding tert-OH is 1. The first-order valence-electron chi connectivity index (χ1n) is 7.01. The molecule has 1 aromatic rings. The highest BCUT2D eigenvalue weighted by molar-refractivity contribution is 5.29. The molecular formula is C15H23NO2. The van der Waals surface area contributed by atoms with Crippen molar-refractivity contribution in [2.45, 2.75) is 57.7 Å². The average molecular weight is 249 g/mol. The summed E-state index contributed by atoms with van der Waals surface area (Å²) in [6.45, 7) is 4.76. The van der Waals surface area contributed by atoms with Crippen molar-refractivity contribution in [3.8, 4) is 0 Å². The molecule has 0 saturated carbocycles. The predicted octanol–water partition coefficient (Wildman–Crippen LogP) is 2.68. The van der Waals surface area contributed by atoms with E-state index < -0.39 is 6.10 Å². The van der Waals surface area contributed by atoms with Crippen LogP contribution in [0.1, 0.15) is 50.3 Å². The Balaban J connectivity index is 2.11. The van der Waals surface area contributed by atoms with Gasteiger partial charge in [-0.3, -0.25) is 4.98 Å². The average Bonchev–Trinajstić information content (AvgIpc) is 2.81. The molecule has 0 saturated heterocycles. The van der Waals surface area contributed by atoms with Crippen LogP contribution in [0.15, 0.2) is 18.3 Å². The van der Waals surface area contributed by atoms with Crippen LogP contribution in [0.3, 0.4) is 0 Å². The molecule has 1 aliphatic rings. The smallest absolute Gasteiger partial charge is 0.0885 e. The van der Waals surface area contributed by atoms with Crippen molar-refractivity contribution >= 4 is 0 Å². The first-order valence-corrected chi connectivity index (χ1v) is 7.01. The van der Waals surface area contributed by atoms with Gasteiger partial charge in [0.25, 0.3) is 0 Å². The summed E-state index contributed by atoms with van der Waals surface area (Å²) in [5, 5.41) is 10.6. The molecule has 3 unspecified atom stereocenters. The first kappa shape index (κ1) is 13.5. The van der Waals surface area contributed by atoms with Gasteiger partial charge >= 0.3 is 0 Å². The van der Waals surface area contributed by atoms with Crippen LogP contribution in [-0.4, -0.2) is 28.9 Å². The van der Waals surface area contributed by atoms with Crippen LogP contribution in [0, 0.1) is 0 Å². The van der Waals surface area contributed by atoms with E-state index in [-0.39, 0.29) is 12.0 Å². The van der Waals surface area contributed by atoms with E-state index in [0.717, 1.165) is 31.4 Å². The molecule has 1 heterocycles. The summed E-state index contributed by atoms with van der Waals surface area (Å²) in [5.74, 6) is 0.143. The lowest BCUT2D eigenvalue weighted by Gasteiger charge is -2.27. The molecule has 1 aliphatic carbocycles. The van der Waals surface area contributed by atoms with Gasteiger partial charge in [0, 0.05) is 24.4 Å². The Morgan fingerprint density at radius 1 is 1.50 bits per heavy atom. The van der Waals surface area contributed by atoms with E-state index in [4.69, 9.17) is 4.74 Å². The van der Waals surface area contributed by atoms with Crippen LogP contribution >= 0.6 is 0 Å². The van der Waals surface area contributed by atoms with Crippen LogP contribution in [0.4, 0.5) is 0 Å². The quantitative estimate of drug-likeness (QED) is 0.843. The van der Waals surface area contributed by atoms with Gasteiger partial charge in [-0.1, -0.05) is 19.4 Å². The van der Waals surface area contributed by atoms with Crippen molar-refractivity contribution in [2.75, 3.05) is 6.61 Å². The number of aliphatic hydroxyl groups is 1. The molecule has 1 N–H and O–H groups in total. The Morgan fingerprint density at radius 2 is 2.33 bits per heavy atom. The van der Waals surface area contributed by atoms with E-state index in [9.17, 15) is 5.11 Å². The van der Waals surface area contributed by atoms with E-state index in [1.165, 1.54) is 5.56 Å². The first-order chi connectivity index (χ1) is 8.77. The second kappa shape index (κ2) is 6.30. The third kappa shape index (κ3) is 2.73. The van der Waals surface area contributed by atoms with Crippen LogP contribution < -0.4 is 0 Å². The number of nitrogens with zero attached hydrogens (tertiary/aromatic N) is 1. The summed E-state index contributed by atoms with van der Waals surface area (Å²) in [6, 6.07) is 4.09. The van der Waals surface area contributed by atoms with Crippen molar-refractivity contribution in [1.29, 1.82) is 0 Å². The molecule has 3 atom stereocenters. The molecule has 0 bridgehead atoms. The minimum absolute atomic E-state index is 0.0574. The molecule has 3 nitrogen and oxygen atoms in total. The number of hydrogen-bond acceptors (Lipinski definition) is 3. The topological polar surface area (TPSA) is 42.4 Å². The summed E-state index contributed by atoms with van der Waals surface area (Å²) in [7, 11) is 0. The van der Waals surface area contributed by atoms with Gasteiger partial charge in [-0.15, -0.1) is 0 Å². The van der Waals surface area contributed by atoms with Crippen molar-refractivity contribution in [2.24, 2.45) is 0 Å². The number of aryl methyl sites for hydroxylation is 1. The second-order valence-corrected chi connectivity index (χ2v) is 4.97. The number of hydrogen-bond donors (Lipinski definition) is 1. The molecule has 0 aromatic carbocycles. The number of rotatable bonds is 6. The number of ether oxygens (including phenoxy) is 1. The third-order valence-corrected chi connectivity index (χ3v) is 3.75. The van der Waals surface area contributed by atoms with Gasteiger partial charge in [0.1, 0.15) is 0 Å². The lowest BCUT2D eigenvalue weighted by atomic mass is 9.93. The molecule has 1 aromatic heterocycles. The second-order valence-electron chi connectivity index (χ2n) is 4.97. The van der Waals surface area contributed by atoms with Crippen LogP contribution in [0.2, 0.25) is 0 Å². The number of pyridine rings is 1. The van der Waals surface area contributed by atoms with Gasteiger partial charge in [0.2, 0.25) is 0 Å². The van der Waals surface area contributed by atoms with Crippen molar-refractivity contribution < 1.29 is 9.84 Å². The Labute approximate surface area is 109 Å². The Bertz CT molecular complexity index is 375. The van der Waals surface area contributed by atoms with Crippen LogP contribution in [0.5, 0.6) is 0 Å². The zero-order valence-electron chi connectivity index (χ0n) is 11.3. The van der Waals surface area contributed by atoms with Crippen molar-refractivity contribution in [3.05, 3.63) is 29.6 Å². The molecule has 3 heteroatoms. The zero-order chi connectivity index (χ0) is 13.0. The fourth-order valence-electron chi connectivity index (χ4n) is 2.89. The molecular weight excluding hydrogens is 226 g/mol. The van der Waals surface area contributed by atoms with Crippen molar-refractivity contribution in [1.82, 2.24) is 4.98 Å². The molecule has 100 valence electrons. The molecule has 0 fully saturated rings. The molecule has 2 rings (SSSR count). The summed E-state index contributed by atoms with van der Waals surface area (Å²) in [5.41, 5.74) is 2.36. The van der Waals surface area contributed by atoms with E-state index in [0.29, 0.717) is 6.61 Å². The minimum atomic E-state index is -0.430. The monoisotopic (exact) mass is 249 g/mol. The highest BCUT2D eigenvalue weighted by Gasteiger charge is 2.34. The zero-order valence-corrected chi connectivity index (χ0v) is 11.3. The normalized spacial score (nSPS) is 21.6. The SMILES string of the molecule is CCCC(OCC)C(O)C1CCc2cccnc21. The predicted molar refractivity (Wildman–Crippen MR) is 71.6 cm³/mol. The molecule has 0 amide bonds. The van der Waals surface area contributed by atoms with Gasteiger partial charge in [-0.25, -0.2) is 0 Å².